The number of pyridine rings is 1. The molecule has 1 atom stereocenters. The molecule has 1 aliphatic rings. The minimum Gasteiger partial charge on any atom is -0.383 e. The van der Waals surface area contributed by atoms with Crippen molar-refractivity contribution in [2.75, 3.05) is 25.4 Å². The van der Waals surface area contributed by atoms with Crippen LogP contribution in [0.3, 0.4) is 0 Å². The molecule has 0 aliphatic carbocycles. The van der Waals surface area contributed by atoms with E-state index in [1.165, 1.54) is 28.7 Å². The van der Waals surface area contributed by atoms with E-state index < -0.39 is 21.9 Å². The van der Waals surface area contributed by atoms with Crippen LogP contribution in [0.5, 0.6) is 0 Å². The molecule has 0 radical (unpaired) electrons. The van der Waals surface area contributed by atoms with Crippen LogP contribution in [0, 0.1) is 12.7 Å². The highest BCUT2D eigenvalue weighted by Gasteiger charge is 2.36. The highest BCUT2D eigenvalue weighted by Crippen LogP contribution is 2.31. The summed E-state index contributed by atoms with van der Waals surface area (Å²) < 4.78 is 41.2. The van der Waals surface area contributed by atoms with Gasteiger partial charge < -0.3 is 11.1 Å². The summed E-state index contributed by atoms with van der Waals surface area (Å²) in [6.45, 7) is 2.95. The Bertz CT molecular complexity index is 857. The average molecular weight is 350 g/mol. The van der Waals surface area contributed by atoms with Gasteiger partial charge in [0.1, 0.15) is 16.5 Å². The van der Waals surface area contributed by atoms with Gasteiger partial charge in [-0.1, -0.05) is 12.1 Å². The fraction of sp³-hybridized carbons (Fsp3) is 0.312. The van der Waals surface area contributed by atoms with E-state index >= 15 is 0 Å². The third kappa shape index (κ3) is 3.12. The van der Waals surface area contributed by atoms with E-state index in [4.69, 9.17) is 5.73 Å². The first kappa shape index (κ1) is 16.8. The van der Waals surface area contributed by atoms with Gasteiger partial charge in [0.15, 0.2) is 0 Å². The second-order valence-corrected chi connectivity index (χ2v) is 7.65. The summed E-state index contributed by atoms with van der Waals surface area (Å²) in [6.07, 6.45) is 1.52. The molecular weight excluding hydrogens is 331 g/mol. The predicted octanol–water partition coefficient (Wildman–Crippen LogP) is 1.45. The standard InChI is InChI=1S/C16H19FN4O2S/c1-11-7-15(16(18)20-9-11)24(22,23)21-6-5-19-10-14(21)12-3-2-4-13(17)8-12/h2-4,7-9,14,19H,5-6,10H2,1H3,(H2,18,20). The van der Waals surface area contributed by atoms with Crippen molar-refractivity contribution in [1.29, 1.82) is 0 Å². The highest BCUT2D eigenvalue weighted by atomic mass is 32.2. The Labute approximate surface area is 140 Å². The lowest BCUT2D eigenvalue weighted by molar-refractivity contribution is 0.271. The van der Waals surface area contributed by atoms with Gasteiger partial charge in [0.2, 0.25) is 10.0 Å². The Morgan fingerprint density at radius 1 is 1.38 bits per heavy atom. The fourth-order valence-electron chi connectivity index (χ4n) is 2.86. The van der Waals surface area contributed by atoms with Crippen molar-refractivity contribution >= 4 is 15.8 Å². The van der Waals surface area contributed by atoms with Crippen molar-refractivity contribution in [2.24, 2.45) is 0 Å². The van der Waals surface area contributed by atoms with E-state index in [2.05, 4.69) is 10.3 Å². The number of piperazine rings is 1. The number of halogens is 1. The van der Waals surface area contributed by atoms with Gasteiger partial charge in [0.25, 0.3) is 0 Å². The first-order chi connectivity index (χ1) is 11.4. The van der Waals surface area contributed by atoms with Gasteiger partial charge in [-0.05, 0) is 36.2 Å². The Hall–Kier alpha value is -2.03. The van der Waals surface area contributed by atoms with Crippen LogP contribution in [-0.2, 0) is 10.0 Å². The number of benzene rings is 1. The molecule has 0 spiro atoms. The van der Waals surface area contributed by atoms with Gasteiger partial charge in [-0.25, -0.2) is 17.8 Å². The van der Waals surface area contributed by atoms with Crippen LogP contribution >= 0.6 is 0 Å². The number of nitrogen functional groups attached to an aromatic ring is 1. The van der Waals surface area contributed by atoms with E-state index in [0.29, 0.717) is 24.2 Å². The number of nitrogens with one attached hydrogen (secondary N) is 1. The van der Waals surface area contributed by atoms with Crippen molar-refractivity contribution in [2.45, 2.75) is 17.9 Å². The molecule has 0 saturated carbocycles. The number of nitrogens with zero attached hydrogens (tertiary/aromatic N) is 2. The third-order valence-electron chi connectivity index (χ3n) is 4.03. The lowest BCUT2D eigenvalue weighted by atomic mass is 10.1. The van der Waals surface area contributed by atoms with Crippen LogP contribution in [0.1, 0.15) is 17.2 Å². The Morgan fingerprint density at radius 3 is 2.92 bits per heavy atom. The number of anilines is 1. The number of rotatable bonds is 3. The van der Waals surface area contributed by atoms with Gasteiger partial charge in [-0.15, -0.1) is 0 Å². The van der Waals surface area contributed by atoms with E-state index in [1.54, 1.807) is 19.1 Å². The molecule has 3 rings (SSSR count). The second-order valence-electron chi connectivity index (χ2n) is 5.79. The molecule has 0 amide bonds. The third-order valence-corrected chi connectivity index (χ3v) is 5.97. The van der Waals surface area contributed by atoms with E-state index in [-0.39, 0.29) is 17.3 Å². The molecule has 24 heavy (non-hydrogen) atoms. The summed E-state index contributed by atoms with van der Waals surface area (Å²) in [5, 5.41) is 3.16. The average Bonchev–Trinajstić information content (AvgIpc) is 2.57. The maximum atomic E-state index is 13.6. The van der Waals surface area contributed by atoms with Crippen LogP contribution in [0.4, 0.5) is 10.2 Å². The molecule has 2 heterocycles. The number of nitrogens with two attached hydrogens (primary N) is 1. The maximum Gasteiger partial charge on any atom is 0.247 e. The first-order valence-corrected chi connectivity index (χ1v) is 9.04. The number of sulfonamides is 1. The summed E-state index contributed by atoms with van der Waals surface area (Å²) in [4.78, 5) is 3.94. The molecule has 2 aromatic rings. The van der Waals surface area contributed by atoms with Crippen LogP contribution in [0.2, 0.25) is 0 Å². The Kier molecular flexibility index (Phi) is 4.53. The monoisotopic (exact) mass is 350 g/mol. The van der Waals surface area contributed by atoms with Crippen molar-refractivity contribution in [3.05, 3.63) is 53.5 Å². The molecule has 1 aliphatic heterocycles. The number of hydrogen-bond donors (Lipinski definition) is 2. The maximum absolute atomic E-state index is 13.6. The molecule has 6 nitrogen and oxygen atoms in total. The van der Waals surface area contributed by atoms with E-state index in [9.17, 15) is 12.8 Å². The van der Waals surface area contributed by atoms with E-state index in [1.807, 2.05) is 0 Å². The minimum atomic E-state index is -3.84. The van der Waals surface area contributed by atoms with Gasteiger partial charge in [0.05, 0.1) is 6.04 Å². The second kappa shape index (κ2) is 6.46. The quantitative estimate of drug-likeness (QED) is 0.875. The Morgan fingerprint density at radius 2 is 2.17 bits per heavy atom. The molecule has 1 aromatic heterocycles. The van der Waals surface area contributed by atoms with E-state index in [0.717, 1.165) is 0 Å². The molecule has 1 aromatic carbocycles. The minimum absolute atomic E-state index is 0.00852. The largest absolute Gasteiger partial charge is 0.383 e. The number of aromatic nitrogens is 1. The highest BCUT2D eigenvalue weighted by molar-refractivity contribution is 7.89. The van der Waals surface area contributed by atoms with Gasteiger partial charge in [0, 0.05) is 25.8 Å². The first-order valence-electron chi connectivity index (χ1n) is 7.60. The van der Waals surface area contributed by atoms with Crippen LogP contribution < -0.4 is 11.1 Å². The molecule has 8 heteroatoms. The zero-order chi connectivity index (χ0) is 17.3. The topological polar surface area (TPSA) is 88.3 Å². The molecule has 1 unspecified atom stereocenters. The van der Waals surface area contributed by atoms with Crippen molar-refractivity contribution in [3.8, 4) is 0 Å². The lowest BCUT2D eigenvalue weighted by Gasteiger charge is -2.35. The van der Waals surface area contributed by atoms with Crippen LogP contribution in [-0.4, -0.2) is 37.3 Å². The predicted molar refractivity (Wildman–Crippen MR) is 89.3 cm³/mol. The van der Waals surface area contributed by atoms with Crippen molar-refractivity contribution < 1.29 is 12.8 Å². The van der Waals surface area contributed by atoms with Gasteiger partial charge in [-0.2, -0.15) is 4.31 Å². The van der Waals surface area contributed by atoms with Gasteiger partial charge >= 0.3 is 0 Å². The number of aryl methyl sites for hydroxylation is 1. The zero-order valence-corrected chi connectivity index (χ0v) is 14.1. The van der Waals surface area contributed by atoms with Gasteiger partial charge in [-0.3, -0.25) is 0 Å². The molecule has 1 saturated heterocycles. The summed E-state index contributed by atoms with van der Waals surface area (Å²) in [5.74, 6) is -0.427. The van der Waals surface area contributed by atoms with Crippen LogP contribution in [0.15, 0.2) is 41.4 Å². The SMILES string of the molecule is Cc1cnc(N)c(S(=O)(=O)N2CCNCC2c2cccc(F)c2)c1. The molecule has 0 bridgehead atoms. The molecule has 3 N–H and O–H groups in total. The number of hydrogen-bond acceptors (Lipinski definition) is 5. The summed E-state index contributed by atoms with van der Waals surface area (Å²) in [5.41, 5.74) is 7.11. The molecular formula is C16H19FN4O2S. The Balaban J connectivity index is 2.05. The lowest BCUT2D eigenvalue weighted by Crippen LogP contribution is -2.48. The summed E-state index contributed by atoms with van der Waals surface area (Å²) >= 11 is 0. The summed E-state index contributed by atoms with van der Waals surface area (Å²) in [6, 6.07) is 7.01. The van der Waals surface area contributed by atoms with Crippen LogP contribution in [0.25, 0.3) is 0 Å². The smallest absolute Gasteiger partial charge is 0.247 e. The molecule has 128 valence electrons. The molecule has 1 fully saturated rings. The summed E-state index contributed by atoms with van der Waals surface area (Å²) in [7, 11) is -3.84. The van der Waals surface area contributed by atoms with Crippen molar-refractivity contribution in [1.82, 2.24) is 14.6 Å². The zero-order valence-electron chi connectivity index (χ0n) is 13.2. The van der Waals surface area contributed by atoms with Crippen molar-refractivity contribution in [3.63, 3.8) is 0 Å². The fourth-order valence-corrected chi connectivity index (χ4v) is 4.62. The normalized spacial score (nSPS) is 19.3.